The lowest BCUT2D eigenvalue weighted by atomic mass is 10.1. The van der Waals surface area contributed by atoms with Crippen LogP contribution in [0.4, 0.5) is 0 Å². The Morgan fingerprint density at radius 3 is 1.90 bits per heavy atom. The molecule has 0 radical (unpaired) electrons. The van der Waals surface area contributed by atoms with Crippen LogP contribution in [0.3, 0.4) is 0 Å². The molecule has 7 nitrogen and oxygen atoms in total. The van der Waals surface area contributed by atoms with Crippen LogP contribution >= 0.6 is 0 Å². The van der Waals surface area contributed by atoms with E-state index in [1.165, 1.54) is 45.4 Å². The number of aliphatic carboxylic acids is 1. The summed E-state index contributed by atoms with van der Waals surface area (Å²) in [7, 11) is 0. The van der Waals surface area contributed by atoms with Crippen molar-refractivity contribution in [2.45, 2.75) is 103 Å². The number of esters is 1. The Labute approximate surface area is 187 Å². The quantitative estimate of drug-likeness (QED) is 0.142. The highest BCUT2D eigenvalue weighted by Gasteiger charge is 2.07. The number of hydrogen-bond acceptors (Lipinski definition) is 6. The summed E-state index contributed by atoms with van der Waals surface area (Å²) in [6.45, 7) is 2.93. The number of unbranched alkanes of at least 4 members (excludes halogenated alkanes) is 8. The lowest BCUT2D eigenvalue weighted by Crippen LogP contribution is -2.21. The van der Waals surface area contributed by atoms with Crippen molar-refractivity contribution in [3.05, 3.63) is 24.3 Å². The van der Waals surface area contributed by atoms with Gasteiger partial charge in [-0.3, -0.25) is 4.79 Å². The normalized spacial score (nSPS) is 13.1. The molecule has 4 N–H and O–H groups in total. The molecule has 0 aliphatic rings. The molecule has 0 bridgehead atoms. The van der Waals surface area contributed by atoms with Gasteiger partial charge in [-0.15, -0.1) is 0 Å². The smallest absolute Gasteiger partial charge is 0.332 e. The van der Waals surface area contributed by atoms with E-state index in [0.717, 1.165) is 32.1 Å². The van der Waals surface area contributed by atoms with Gasteiger partial charge in [-0.05, 0) is 45.4 Å². The summed E-state index contributed by atoms with van der Waals surface area (Å²) in [4.78, 5) is 20.8. The van der Waals surface area contributed by atoms with Crippen molar-refractivity contribution in [1.82, 2.24) is 0 Å². The largest absolute Gasteiger partial charge is 0.479 e. The van der Waals surface area contributed by atoms with E-state index >= 15 is 0 Å². The van der Waals surface area contributed by atoms with Crippen LogP contribution in [-0.2, 0) is 14.3 Å². The highest BCUT2D eigenvalue weighted by molar-refractivity contribution is 5.71. The molecule has 0 spiro atoms. The van der Waals surface area contributed by atoms with Gasteiger partial charge < -0.3 is 25.2 Å². The molecule has 0 rings (SSSR count). The Kier molecular flexibility index (Phi) is 25.0. The van der Waals surface area contributed by atoms with E-state index in [1.54, 1.807) is 0 Å². The van der Waals surface area contributed by atoms with Crippen LogP contribution in [0.1, 0.15) is 90.9 Å². The zero-order valence-electron chi connectivity index (χ0n) is 19.4. The molecule has 7 heteroatoms. The first-order valence-corrected chi connectivity index (χ1v) is 11.5. The first-order chi connectivity index (χ1) is 14.8. The molecule has 0 heterocycles. The van der Waals surface area contributed by atoms with Crippen molar-refractivity contribution in [3.8, 4) is 0 Å². The van der Waals surface area contributed by atoms with Gasteiger partial charge in [-0.25, -0.2) is 4.79 Å². The summed E-state index contributed by atoms with van der Waals surface area (Å²) in [5.74, 6) is -1.48. The lowest BCUT2D eigenvalue weighted by molar-refractivity contribution is -0.147. The molecule has 0 saturated carbocycles. The molecular weight excluding hydrogens is 400 g/mol. The molecular formula is C24H44O7. The minimum atomic E-state index is -1.23. The van der Waals surface area contributed by atoms with Gasteiger partial charge in [-0.2, -0.15) is 0 Å². The number of ether oxygens (including phenoxy) is 1. The third kappa shape index (κ3) is 28.3. The molecule has 2 unspecified atom stereocenters. The van der Waals surface area contributed by atoms with E-state index < -0.39 is 18.2 Å². The maximum atomic E-state index is 11.4. The third-order valence-electron chi connectivity index (χ3n) is 4.34. The molecule has 0 aromatic carbocycles. The minimum absolute atomic E-state index is 0.115. The minimum Gasteiger partial charge on any atom is -0.479 e. The van der Waals surface area contributed by atoms with E-state index in [1.807, 2.05) is 0 Å². The molecule has 0 amide bonds. The second-order valence-corrected chi connectivity index (χ2v) is 7.51. The molecule has 182 valence electrons. The Morgan fingerprint density at radius 1 is 0.871 bits per heavy atom. The number of carboxylic acid groups (broad SMARTS) is 1. The molecule has 0 saturated heterocycles. The van der Waals surface area contributed by atoms with Crippen LogP contribution in [0.25, 0.3) is 0 Å². The number of carbonyl (C=O) groups is 2. The van der Waals surface area contributed by atoms with Crippen LogP contribution in [-0.4, -0.2) is 57.8 Å². The van der Waals surface area contributed by atoms with Crippen molar-refractivity contribution in [1.29, 1.82) is 0 Å². The average Bonchev–Trinajstić information content (AvgIpc) is 2.75. The first-order valence-electron chi connectivity index (χ1n) is 11.5. The number of carboxylic acids is 1. The SMILES string of the molecule is CC(O)C(=O)O.CCCCC/C=C\C/C=C\CCCCCCCC(=O)OCC(O)CO. The number of aliphatic hydroxyl groups excluding tert-OH is 3. The number of rotatable bonds is 18. The van der Waals surface area contributed by atoms with Crippen molar-refractivity contribution >= 4 is 11.9 Å². The molecule has 0 aliphatic heterocycles. The highest BCUT2D eigenvalue weighted by atomic mass is 16.5. The molecule has 31 heavy (non-hydrogen) atoms. The topological polar surface area (TPSA) is 124 Å². The fraction of sp³-hybridized carbons (Fsp3) is 0.750. The second kappa shape index (κ2) is 24.6. The van der Waals surface area contributed by atoms with Gasteiger partial charge in [0.05, 0.1) is 6.61 Å². The third-order valence-corrected chi connectivity index (χ3v) is 4.34. The summed E-state index contributed by atoms with van der Waals surface area (Å²) >= 11 is 0. The zero-order valence-corrected chi connectivity index (χ0v) is 19.4. The number of carbonyl (C=O) groups excluding carboxylic acids is 1. The Bertz CT molecular complexity index is 473. The van der Waals surface area contributed by atoms with Crippen LogP contribution < -0.4 is 0 Å². The van der Waals surface area contributed by atoms with Crippen molar-refractivity contribution in [2.24, 2.45) is 0 Å². The molecule has 0 aromatic heterocycles. The van der Waals surface area contributed by atoms with E-state index in [0.29, 0.717) is 6.42 Å². The predicted octanol–water partition coefficient (Wildman–Crippen LogP) is 4.15. The van der Waals surface area contributed by atoms with Crippen LogP contribution in [0.15, 0.2) is 24.3 Å². The van der Waals surface area contributed by atoms with E-state index in [2.05, 4.69) is 31.2 Å². The molecule has 0 aromatic rings. The fourth-order valence-electron chi connectivity index (χ4n) is 2.39. The van der Waals surface area contributed by atoms with Crippen LogP contribution in [0, 0.1) is 0 Å². The predicted molar refractivity (Wildman–Crippen MR) is 123 cm³/mol. The average molecular weight is 445 g/mol. The summed E-state index contributed by atoms with van der Waals surface area (Å²) in [6, 6.07) is 0. The van der Waals surface area contributed by atoms with Crippen molar-refractivity contribution in [3.63, 3.8) is 0 Å². The van der Waals surface area contributed by atoms with Gasteiger partial charge in [0, 0.05) is 6.42 Å². The monoisotopic (exact) mass is 444 g/mol. The van der Waals surface area contributed by atoms with Crippen LogP contribution in [0.5, 0.6) is 0 Å². The van der Waals surface area contributed by atoms with E-state index in [-0.39, 0.29) is 19.2 Å². The fourth-order valence-corrected chi connectivity index (χ4v) is 2.39. The Morgan fingerprint density at radius 2 is 1.39 bits per heavy atom. The van der Waals surface area contributed by atoms with Gasteiger partial charge in [-0.1, -0.05) is 63.3 Å². The van der Waals surface area contributed by atoms with Crippen molar-refractivity contribution < 1.29 is 34.8 Å². The highest BCUT2D eigenvalue weighted by Crippen LogP contribution is 2.08. The summed E-state index contributed by atoms with van der Waals surface area (Å²) in [5, 5.41) is 33.5. The summed E-state index contributed by atoms with van der Waals surface area (Å²) in [5.41, 5.74) is 0. The van der Waals surface area contributed by atoms with Gasteiger partial charge in [0.1, 0.15) is 18.8 Å². The number of aliphatic hydroxyl groups is 3. The summed E-state index contributed by atoms with van der Waals surface area (Å²) in [6.07, 6.45) is 19.9. The van der Waals surface area contributed by atoms with E-state index in [9.17, 15) is 9.59 Å². The van der Waals surface area contributed by atoms with E-state index in [4.69, 9.17) is 25.2 Å². The van der Waals surface area contributed by atoms with Gasteiger partial charge in [0.25, 0.3) is 0 Å². The number of hydrogen-bond donors (Lipinski definition) is 4. The van der Waals surface area contributed by atoms with Gasteiger partial charge >= 0.3 is 11.9 Å². The van der Waals surface area contributed by atoms with Gasteiger partial charge in [0.2, 0.25) is 0 Å². The standard InChI is InChI=1S/C21H38O4.C3H6O3/c1-2-3-4-5-6-7-8-9-10-11-12-13-14-15-16-17-21(24)25-19-20(23)18-22;1-2(4)3(5)6/h6-7,9-10,20,22-23H,2-5,8,11-19H2,1H3;2,4H,1H3,(H,5,6)/b7-6-,10-9-;. The first kappa shape index (κ1) is 31.5. The number of allylic oxidation sites excluding steroid dienone is 4. The zero-order chi connectivity index (χ0) is 23.7. The summed E-state index contributed by atoms with van der Waals surface area (Å²) < 4.78 is 4.85. The maximum Gasteiger partial charge on any atom is 0.332 e. The second-order valence-electron chi connectivity index (χ2n) is 7.51. The lowest BCUT2D eigenvalue weighted by Gasteiger charge is -2.08. The molecule has 2 atom stereocenters. The van der Waals surface area contributed by atoms with Crippen molar-refractivity contribution in [2.75, 3.05) is 13.2 Å². The maximum absolute atomic E-state index is 11.4. The Hall–Kier alpha value is -1.70. The van der Waals surface area contributed by atoms with Crippen LogP contribution in [0.2, 0.25) is 0 Å². The molecule has 0 aliphatic carbocycles. The van der Waals surface area contributed by atoms with Gasteiger partial charge in [0.15, 0.2) is 0 Å². The molecule has 0 fully saturated rings. The Balaban J connectivity index is 0.